The van der Waals surface area contributed by atoms with Gasteiger partial charge in [0.25, 0.3) is 0 Å². The van der Waals surface area contributed by atoms with Crippen LogP contribution in [-0.4, -0.2) is 34.6 Å². The maximum Gasteiger partial charge on any atom is 0.223 e. The van der Waals surface area contributed by atoms with Crippen LogP contribution in [0.1, 0.15) is 33.1 Å². The number of β-amino-alcohol motifs (C(OH)–C–C–N with tert-alkyl or cyclic N) is 1. The molecule has 0 bridgehead atoms. The van der Waals surface area contributed by atoms with Gasteiger partial charge in [0.2, 0.25) is 5.91 Å². The molecule has 2 fully saturated rings. The van der Waals surface area contributed by atoms with Gasteiger partial charge in [-0.25, -0.2) is 0 Å². The van der Waals surface area contributed by atoms with Gasteiger partial charge < -0.3 is 10.0 Å². The monoisotopic (exact) mass is 197 g/mol. The normalized spacial score (nSPS) is 25.0. The Morgan fingerprint density at radius 3 is 2.50 bits per heavy atom. The Kier molecular flexibility index (Phi) is 2.30. The molecule has 1 aliphatic carbocycles. The van der Waals surface area contributed by atoms with E-state index in [1.807, 2.05) is 13.8 Å². The highest BCUT2D eigenvalue weighted by molar-refractivity contribution is 5.77. The van der Waals surface area contributed by atoms with E-state index in [-0.39, 0.29) is 5.91 Å². The molecule has 1 N–H and O–H groups in total. The molecular weight excluding hydrogens is 178 g/mol. The van der Waals surface area contributed by atoms with E-state index in [0.29, 0.717) is 31.3 Å². The molecule has 0 unspecified atom stereocenters. The Bertz CT molecular complexity index is 240. The molecule has 14 heavy (non-hydrogen) atoms. The van der Waals surface area contributed by atoms with Gasteiger partial charge in [-0.1, -0.05) is 13.8 Å². The third-order valence-corrected chi connectivity index (χ3v) is 3.20. The molecule has 0 spiro atoms. The van der Waals surface area contributed by atoms with Gasteiger partial charge in [0.1, 0.15) is 5.60 Å². The summed E-state index contributed by atoms with van der Waals surface area (Å²) in [7, 11) is 0. The summed E-state index contributed by atoms with van der Waals surface area (Å²) in [6.45, 7) is 5.24. The lowest BCUT2D eigenvalue weighted by Crippen LogP contribution is -2.64. The van der Waals surface area contributed by atoms with Gasteiger partial charge in [-0.3, -0.25) is 4.79 Å². The van der Waals surface area contributed by atoms with Crippen molar-refractivity contribution in [1.29, 1.82) is 0 Å². The Balaban J connectivity index is 1.78. The van der Waals surface area contributed by atoms with Gasteiger partial charge >= 0.3 is 0 Å². The number of rotatable bonds is 3. The highest BCUT2D eigenvalue weighted by Crippen LogP contribution is 2.44. The molecule has 3 heteroatoms. The average molecular weight is 197 g/mol. The van der Waals surface area contributed by atoms with E-state index in [2.05, 4.69) is 0 Å². The quantitative estimate of drug-likeness (QED) is 0.733. The molecule has 0 aromatic rings. The number of hydrogen-bond acceptors (Lipinski definition) is 2. The smallest absolute Gasteiger partial charge is 0.223 e. The molecular formula is C11H19NO2. The van der Waals surface area contributed by atoms with Gasteiger partial charge in [-0.15, -0.1) is 0 Å². The van der Waals surface area contributed by atoms with Crippen molar-refractivity contribution in [3.8, 4) is 0 Å². The van der Waals surface area contributed by atoms with E-state index in [0.717, 1.165) is 12.8 Å². The Morgan fingerprint density at radius 1 is 1.50 bits per heavy atom. The van der Waals surface area contributed by atoms with Crippen molar-refractivity contribution in [2.45, 2.75) is 38.7 Å². The first kappa shape index (κ1) is 9.97. The predicted octanol–water partition coefficient (Wildman–Crippen LogP) is 1.02. The summed E-state index contributed by atoms with van der Waals surface area (Å²) < 4.78 is 0. The molecule has 1 saturated heterocycles. The zero-order valence-corrected chi connectivity index (χ0v) is 8.99. The van der Waals surface area contributed by atoms with Crippen LogP contribution in [-0.2, 0) is 4.79 Å². The van der Waals surface area contributed by atoms with Crippen LogP contribution < -0.4 is 0 Å². The van der Waals surface area contributed by atoms with E-state index in [4.69, 9.17) is 0 Å². The van der Waals surface area contributed by atoms with Crippen LogP contribution in [0.2, 0.25) is 0 Å². The van der Waals surface area contributed by atoms with Gasteiger partial charge in [-0.05, 0) is 24.7 Å². The van der Waals surface area contributed by atoms with Crippen LogP contribution in [0.4, 0.5) is 0 Å². The standard InChI is InChI=1S/C11H19NO2/c1-8(2)5-10(13)12-6-11(14,7-12)9-3-4-9/h8-9,14H,3-7H2,1-2H3. The first-order chi connectivity index (χ1) is 6.51. The highest BCUT2D eigenvalue weighted by atomic mass is 16.3. The molecule has 1 heterocycles. The molecule has 2 aliphatic rings. The number of carbonyl (C=O) groups is 1. The van der Waals surface area contributed by atoms with Crippen molar-refractivity contribution in [3.63, 3.8) is 0 Å². The summed E-state index contributed by atoms with van der Waals surface area (Å²) in [6, 6.07) is 0. The zero-order valence-electron chi connectivity index (χ0n) is 8.99. The summed E-state index contributed by atoms with van der Waals surface area (Å²) >= 11 is 0. The fourth-order valence-corrected chi connectivity index (χ4v) is 2.15. The van der Waals surface area contributed by atoms with Crippen LogP contribution in [0.5, 0.6) is 0 Å². The fourth-order valence-electron chi connectivity index (χ4n) is 2.15. The lowest BCUT2D eigenvalue weighted by Gasteiger charge is -2.47. The Hall–Kier alpha value is -0.570. The molecule has 0 atom stereocenters. The van der Waals surface area contributed by atoms with Gasteiger partial charge in [0.15, 0.2) is 0 Å². The van der Waals surface area contributed by atoms with Gasteiger partial charge in [-0.2, -0.15) is 0 Å². The Morgan fingerprint density at radius 2 is 2.07 bits per heavy atom. The number of carbonyl (C=O) groups excluding carboxylic acids is 1. The van der Waals surface area contributed by atoms with Crippen LogP contribution in [0.3, 0.4) is 0 Å². The topological polar surface area (TPSA) is 40.5 Å². The number of amides is 1. The second-order valence-electron chi connectivity index (χ2n) is 5.23. The molecule has 80 valence electrons. The van der Waals surface area contributed by atoms with E-state index < -0.39 is 5.60 Å². The molecule has 1 amide bonds. The zero-order chi connectivity index (χ0) is 10.3. The predicted molar refractivity (Wildman–Crippen MR) is 53.7 cm³/mol. The second-order valence-corrected chi connectivity index (χ2v) is 5.23. The van der Waals surface area contributed by atoms with Crippen LogP contribution in [0, 0.1) is 11.8 Å². The third-order valence-electron chi connectivity index (χ3n) is 3.20. The number of hydrogen-bond donors (Lipinski definition) is 1. The van der Waals surface area contributed by atoms with Crippen molar-refractivity contribution in [1.82, 2.24) is 4.90 Å². The maximum atomic E-state index is 11.6. The Labute approximate surface area is 85.1 Å². The minimum atomic E-state index is -0.521. The summed E-state index contributed by atoms with van der Waals surface area (Å²) in [4.78, 5) is 13.4. The van der Waals surface area contributed by atoms with Crippen molar-refractivity contribution < 1.29 is 9.90 Å². The van der Waals surface area contributed by atoms with Gasteiger partial charge in [0, 0.05) is 6.42 Å². The number of nitrogens with zero attached hydrogens (tertiary/aromatic N) is 1. The molecule has 1 aliphatic heterocycles. The SMILES string of the molecule is CC(C)CC(=O)N1CC(O)(C2CC2)C1. The van der Waals surface area contributed by atoms with Crippen molar-refractivity contribution >= 4 is 5.91 Å². The van der Waals surface area contributed by atoms with E-state index in [1.165, 1.54) is 0 Å². The van der Waals surface area contributed by atoms with Crippen molar-refractivity contribution in [2.24, 2.45) is 11.8 Å². The van der Waals surface area contributed by atoms with E-state index in [1.54, 1.807) is 4.90 Å². The minimum absolute atomic E-state index is 0.199. The van der Waals surface area contributed by atoms with Crippen molar-refractivity contribution in [3.05, 3.63) is 0 Å². The van der Waals surface area contributed by atoms with Crippen molar-refractivity contribution in [2.75, 3.05) is 13.1 Å². The molecule has 3 nitrogen and oxygen atoms in total. The number of likely N-dealkylation sites (tertiary alicyclic amines) is 1. The second kappa shape index (κ2) is 3.23. The third kappa shape index (κ3) is 1.78. The molecule has 0 aromatic heterocycles. The van der Waals surface area contributed by atoms with Gasteiger partial charge in [0.05, 0.1) is 13.1 Å². The van der Waals surface area contributed by atoms with Crippen LogP contribution in [0.25, 0.3) is 0 Å². The molecule has 0 radical (unpaired) electrons. The first-order valence-corrected chi connectivity index (χ1v) is 5.51. The largest absolute Gasteiger partial charge is 0.386 e. The summed E-state index contributed by atoms with van der Waals surface area (Å²) in [5.74, 6) is 1.09. The summed E-state index contributed by atoms with van der Waals surface area (Å²) in [5, 5.41) is 10.0. The first-order valence-electron chi connectivity index (χ1n) is 5.51. The fraction of sp³-hybridized carbons (Fsp3) is 0.909. The average Bonchev–Trinajstić information content (AvgIpc) is 2.78. The lowest BCUT2D eigenvalue weighted by atomic mass is 9.88. The number of aliphatic hydroxyl groups is 1. The van der Waals surface area contributed by atoms with E-state index >= 15 is 0 Å². The molecule has 2 rings (SSSR count). The van der Waals surface area contributed by atoms with E-state index in [9.17, 15) is 9.90 Å². The lowest BCUT2D eigenvalue weighted by molar-refractivity contribution is -0.160. The summed E-state index contributed by atoms with van der Waals surface area (Å²) in [5.41, 5.74) is -0.521. The minimum Gasteiger partial charge on any atom is -0.386 e. The highest BCUT2D eigenvalue weighted by Gasteiger charge is 2.53. The summed E-state index contributed by atoms with van der Waals surface area (Å²) in [6.07, 6.45) is 2.90. The maximum absolute atomic E-state index is 11.6. The van der Waals surface area contributed by atoms with Crippen LogP contribution >= 0.6 is 0 Å². The molecule has 1 saturated carbocycles. The molecule has 0 aromatic carbocycles. The van der Waals surface area contributed by atoms with Crippen LogP contribution in [0.15, 0.2) is 0 Å².